The van der Waals surface area contributed by atoms with Crippen molar-refractivity contribution in [2.24, 2.45) is 11.3 Å². The van der Waals surface area contributed by atoms with Gasteiger partial charge in [0.05, 0.1) is 18.1 Å². The highest BCUT2D eigenvalue weighted by Crippen LogP contribution is 2.60. The van der Waals surface area contributed by atoms with Gasteiger partial charge in [0.2, 0.25) is 0 Å². The molecule has 0 radical (unpaired) electrons. The van der Waals surface area contributed by atoms with E-state index in [0.717, 1.165) is 12.8 Å². The van der Waals surface area contributed by atoms with Crippen LogP contribution in [0.2, 0.25) is 0 Å². The normalized spacial score (nSPS) is 45.7. The van der Waals surface area contributed by atoms with Crippen LogP contribution in [0, 0.1) is 23.7 Å². The Morgan fingerprint density at radius 3 is 2.36 bits per heavy atom. The van der Waals surface area contributed by atoms with Crippen molar-refractivity contribution in [3.05, 3.63) is 0 Å². The summed E-state index contributed by atoms with van der Waals surface area (Å²) in [5.74, 6) is 2.49. The first-order chi connectivity index (χ1) is 5.20. The average molecular weight is 152 g/mol. The molecule has 2 aliphatic rings. The van der Waals surface area contributed by atoms with Crippen LogP contribution in [0.5, 0.6) is 0 Å². The molecule has 11 heavy (non-hydrogen) atoms. The Labute approximate surface area is 66.2 Å². The number of hydrogen-bond donors (Lipinski definition) is 2. The zero-order valence-corrected chi connectivity index (χ0v) is 6.33. The number of rotatable bonds is 0. The maximum Gasteiger partial charge on any atom is 0.0708 e. The predicted molar refractivity (Wildman–Crippen MR) is 40.6 cm³/mol. The van der Waals surface area contributed by atoms with Crippen LogP contribution in [0.4, 0.5) is 0 Å². The van der Waals surface area contributed by atoms with E-state index in [2.05, 4.69) is 5.92 Å². The molecule has 0 saturated heterocycles. The molecule has 0 aromatic rings. The van der Waals surface area contributed by atoms with Crippen molar-refractivity contribution >= 4 is 0 Å². The summed E-state index contributed by atoms with van der Waals surface area (Å²) in [6.45, 7) is 0. The lowest BCUT2D eigenvalue weighted by Gasteiger charge is -2.16. The summed E-state index contributed by atoms with van der Waals surface area (Å²) in [5, 5.41) is 19.0. The molecule has 1 spiro atoms. The molecule has 2 N–H and O–H groups in total. The monoisotopic (exact) mass is 152 g/mol. The van der Waals surface area contributed by atoms with Gasteiger partial charge in [-0.05, 0) is 12.8 Å². The molecule has 3 atom stereocenters. The van der Waals surface area contributed by atoms with E-state index in [1.54, 1.807) is 0 Å². The zero-order chi connectivity index (χ0) is 8.06. The van der Waals surface area contributed by atoms with Gasteiger partial charge < -0.3 is 10.2 Å². The molecular weight excluding hydrogens is 140 g/mol. The third kappa shape index (κ3) is 0.756. The predicted octanol–water partition coefficient (Wildman–Crippen LogP) is 0.141. The Hall–Kier alpha value is -0.520. The van der Waals surface area contributed by atoms with E-state index < -0.39 is 6.10 Å². The Morgan fingerprint density at radius 2 is 2.00 bits per heavy atom. The summed E-state index contributed by atoms with van der Waals surface area (Å²) in [6, 6.07) is 0. The molecule has 2 fully saturated rings. The quantitative estimate of drug-likeness (QED) is 0.485. The minimum atomic E-state index is -0.475. The van der Waals surface area contributed by atoms with Crippen molar-refractivity contribution in [3.63, 3.8) is 0 Å². The molecule has 0 heterocycles. The molecule has 2 nitrogen and oxygen atoms in total. The maximum absolute atomic E-state index is 9.54. The second kappa shape index (κ2) is 2.00. The average Bonchev–Trinajstić information content (AvgIpc) is 2.65. The Kier molecular flexibility index (Phi) is 1.30. The number of aliphatic hydroxyl groups excluding tert-OH is 2. The van der Waals surface area contributed by atoms with Crippen LogP contribution in [0.15, 0.2) is 0 Å². The fourth-order valence-corrected chi connectivity index (χ4v) is 2.26. The van der Waals surface area contributed by atoms with Crippen LogP contribution in [0.25, 0.3) is 0 Å². The molecule has 2 saturated carbocycles. The molecule has 0 aromatic carbocycles. The first kappa shape index (κ1) is 7.15. The number of terminal acetylenes is 1. The third-order valence-electron chi connectivity index (χ3n) is 3.14. The maximum atomic E-state index is 9.54. The highest BCUT2D eigenvalue weighted by Gasteiger charge is 2.61. The van der Waals surface area contributed by atoms with Gasteiger partial charge in [0.25, 0.3) is 0 Å². The second-order valence-electron chi connectivity index (χ2n) is 3.70. The molecule has 0 bridgehead atoms. The molecule has 0 unspecified atom stereocenters. The van der Waals surface area contributed by atoms with E-state index in [0.29, 0.717) is 6.42 Å². The highest BCUT2D eigenvalue weighted by atomic mass is 16.3. The van der Waals surface area contributed by atoms with Gasteiger partial charge in [0.1, 0.15) is 0 Å². The largest absolute Gasteiger partial charge is 0.392 e. The molecule has 2 heteroatoms. The van der Waals surface area contributed by atoms with Crippen LogP contribution >= 0.6 is 0 Å². The summed E-state index contributed by atoms with van der Waals surface area (Å²) in [5.41, 5.74) is -0.0891. The smallest absolute Gasteiger partial charge is 0.0708 e. The summed E-state index contributed by atoms with van der Waals surface area (Å²) in [7, 11) is 0. The zero-order valence-electron chi connectivity index (χ0n) is 6.33. The molecule has 60 valence electrons. The van der Waals surface area contributed by atoms with Crippen molar-refractivity contribution in [2.75, 3.05) is 0 Å². The Morgan fingerprint density at radius 1 is 1.36 bits per heavy atom. The Bertz CT molecular complexity index is 212. The van der Waals surface area contributed by atoms with Gasteiger partial charge in [0, 0.05) is 11.8 Å². The van der Waals surface area contributed by atoms with Crippen molar-refractivity contribution in [1.82, 2.24) is 0 Å². The molecule has 0 aromatic heterocycles. The van der Waals surface area contributed by atoms with E-state index in [-0.39, 0.29) is 17.4 Å². The summed E-state index contributed by atoms with van der Waals surface area (Å²) < 4.78 is 0. The summed E-state index contributed by atoms with van der Waals surface area (Å²) in [4.78, 5) is 0. The minimum Gasteiger partial charge on any atom is -0.392 e. The third-order valence-corrected chi connectivity index (χ3v) is 3.14. The fourth-order valence-electron chi connectivity index (χ4n) is 2.26. The van der Waals surface area contributed by atoms with Gasteiger partial charge in [-0.2, -0.15) is 0 Å². The van der Waals surface area contributed by atoms with Gasteiger partial charge in [0.15, 0.2) is 0 Å². The van der Waals surface area contributed by atoms with Crippen LogP contribution < -0.4 is 0 Å². The van der Waals surface area contributed by atoms with Gasteiger partial charge in [-0.15, -0.1) is 6.42 Å². The molecule has 2 rings (SSSR count). The lowest BCUT2D eigenvalue weighted by Crippen LogP contribution is -2.21. The molecule has 0 amide bonds. The first-order valence-electron chi connectivity index (χ1n) is 4.03. The lowest BCUT2D eigenvalue weighted by atomic mass is 9.91. The summed E-state index contributed by atoms with van der Waals surface area (Å²) in [6.07, 6.45) is 6.88. The molecule has 2 aliphatic carbocycles. The van der Waals surface area contributed by atoms with Crippen LogP contribution in [0.3, 0.4) is 0 Å². The minimum absolute atomic E-state index is 0.0891. The standard InChI is InChI=1S/C9H12O2/c1-2-6-7(10)5-8(11)9(6)3-4-9/h1,6-8,10-11H,3-5H2/t6-,7-,8+/m0/s1. The number of hydrogen-bond acceptors (Lipinski definition) is 2. The van der Waals surface area contributed by atoms with Crippen LogP contribution in [-0.4, -0.2) is 22.4 Å². The summed E-state index contributed by atoms with van der Waals surface area (Å²) >= 11 is 0. The molecular formula is C9H12O2. The van der Waals surface area contributed by atoms with E-state index >= 15 is 0 Å². The van der Waals surface area contributed by atoms with E-state index in [9.17, 15) is 10.2 Å². The van der Waals surface area contributed by atoms with Crippen LogP contribution in [-0.2, 0) is 0 Å². The van der Waals surface area contributed by atoms with E-state index in [1.807, 2.05) is 0 Å². The van der Waals surface area contributed by atoms with Gasteiger partial charge in [-0.3, -0.25) is 0 Å². The van der Waals surface area contributed by atoms with Crippen molar-refractivity contribution < 1.29 is 10.2 Å². The first-order valence-corrected chi connectivity index (χ1v) is 4.03. The highest BCUT2D eigenvalue weighted by molar-refractivity contribution is 5.19. The van der Waals surface area contributed by atoms with Gasteiger partial charge >= 0.3 is 0 Å². The Balaban J connectivity index is 2.25. The van der Waals surface area contributed by atoms with Gasteiger partial charge in [-0.1, -0.05) is 5.92 Å². The second-order valence-corrected chi connectivity index (χ2v) is 3.70. The van der Waals surface area contributed by atoms with Crippen LogP contribution in [0.1, 0.15) is 19.3 Å². The van der Waals surface area contributed by atoms with Gasteiger partial charge in [-0.25, -0.2) is 0 Å². The number of aliphatic hydroxyl groups is 2. The lowest BCUT2D eigenvalue weighted by molar-refractivity contribution is 0.109. The van der Waals surface area contributed by atoms with Crippen molar-refractivity contribution in [2.45, 2.75) is 31.5 Å². The van der Waals surface area contributed by atoms with E-state index in [4.69, 9.17) is 6.42 Å². The van der Waals surface area contributed by atoms with E-state index in [1.165, 1.54) is 0 Å². The molecule has 0 aliphatic heterocycles. The SMILES string of the molecule is C#C[C@H]1[C@@H](O)C[C@@H](O)C12CC2. The van der Waals surface area contributed by atoms with Crippen molar-refractivity contribution in [3.8, 4) is 12.3 Å². The topological polar surface area (TPSA) is 40.5 Å². The van der Waals surface area contributed by atoms with Crippen molar-refractivity contribution in [1.29, 1.82) is 0 Å². The fraction of sp³-hybridized carbons (Fsp3) is 0.778.